The van der Waals surface area contributed by atoms with Gasteiger partial charge in [0.15, 0.2) is 12.4 Å². The molecule has 4 aliphatic carbocycles. The monoisotopic (exact) mass is 399 g/mol. The standard InChI is InChI=1S/C25H21NO4/c27-20(14-6-2-1-3-7-14)13-30-21-9-5-4-8-19(21)26-24(28)22-15-10-11-16(18-12-17(15)18)23(22)25(26)29/h1-11,15-18,22-23H,12-13H2/t15-,16-,17-,18+,22-,23+/m0/s1. The van der Waals surface area contributed by atoms with Crippen LogP contribution in [0.5, 0.6) is 5.75 Å². The third-order valence-electron chi connectivity index (χ3n) is 7.22. The first-order valence-corrected chi connectivity index (χ1v) is 10.5. The fraction of sp³-hybridized carbons (Fsp3) is 0.320. The second-order valence-electron chi connectivity index (χ2n) is 8.71. The molecule has 2 amide bonds. The Hall–Kier alpha value is -3.21. The van der Waals surface area contributed by atoms with E-state index in [0.29, 0.717) is 28.8 Å². The first-order valence-electron chi connectivity index (χ1n) is 10.5. The largest absolute Gasteiger partial charge is 0.483 e. The molecule has 0 radical (unpaired) electrons. The average Bonchev–Trinajstić information content (AvgIpc) is 3.56. The molecule has 0 spiro atoms. The van der Waals surface area contributed by atoms with E-state index in [-0.39, 0.29) is 47.9 Å². The summed E-state index contributed by atoms with van der Waals surface area (Å²) in [6.45, 7) is -0.152. The van der Waals surface area contributed by atoms with Crippen molar-refractivity contribution in [3.63, 3.8) is 0 Å². The third-order valence-corrected chi connectivity index (χ3v) is 7.22. The highest BCUT2D eigenvalue weighted by Crippen LogP contribution is 2.65. The lowest BCUT2D eigenvalue weighted by Gasteiger charge is -2.37. The van der Waals surface area contributed by atoms with Gasteiger partial charge in [0.1, 0.15) is 5.75 Å². The number of amides is 2. The van der Waals surface area contributed by atoms with Gasteiger partial charge in [-0.1, -0.05) is 54.6 Å². The highest BCUT2D eigenvalue weighted by Gasteiger charge is 2.67. The molecule has 2 aromatic carbocycles. The van der Waals surface area contributed by atoms with Crippen molar-refractivity contribution in [3.8, 4) is 5.75 Å². The molecule has 2 bridgehead atoms. The van der Waals surface area contributed by atoms with Crippen LogP contribution < -0.4 is 9.64 Å². The van der Waals surface area contributed by atoms with Crippen LogP contribution in [0.15, 0.2) is 66.7 Å². The van der Waals surface area contributed by atoms with E-state index in [1.54, 1.807) is 48.5 Å². The number of Topliss-reactive ketones (excluding diaryl/α,β-unsaturated/α-hetero) is 1. The van der Waals surface area contributed by atoms with Crippen molar-refractivity contribution in [3.05, 3.63) is 72.3 Å². The van der Waals surface area contributed by atoms with E-state index in [4.69, 9.17) is 4.74 Å². The number of benzene rings is 2. The van der Waals surface area contributed by atoms with Gasteiger partial charge >= 0.3 is 0 Å². The molecule has 150 valence electrons. The number of imide groups is 1. The van der Waals surface area contributed by atoms with Crippen molar-refractivity contribution in [2.75, 3.05) is 11.5 Å². The zero-order valence-corrected chi connectivity index (χ0v) is 16.3. The van der Waals surface area contributed by atoms with Crippen LogP contribution in [-0.4, -0.2) is 24.2 Å². The summed E-state index contributed by atoms with van der Waals surface area (Å²) in [4.78, 5) is 40.5. The summed E-state index contributed by atoms with van der Waals surface area (Å²) in [5, 5.41) is 0. The molecule has 5 heteroatoms. The number of ketones is 1. The molecule has 3 fully saturated rings. The maximum Gasteiger partial charge on any atom is 0.238 e. The minimum atomic E-state index is -0.254. The maximum absolute atomic E-state index is 13.4. The van der Waals surface area contributed by atoms with Gasteiger partial charge < -0.3 is 4.74 Å². The van der Waals surface area contributed by atoms with Crippen LogP contribution in [0.1, 0.15) is 16.8 Å². The van der Waals surface area contributed by atoms with Crippen LogP contribution in [-0.2, 0) is 9.59 Å². The van der Waals surface area contributed by atoms with E-state index in [1.165, 1.54) is 4.90 Å². The van der Waals surface area contributed by atoms with Crippen molar-refractivity contribution in [2.45, 2.75) is 6.42 Å². The van der Waals surface area contributed by atoms with Gasteiger partial charge in [0, 0.05) is 5.56 Å². The summed E-state index contributed by atoms with van der Waals surface area (Å²) < 4.78 is 5.80. The third kappa shape index (κ3) is 2.44. The maximum atomic E-state index is 13.4. The van der Waals surface area contributed by atoms with Crippen LogP contribution in [0.4, 0.5) is 5.69 Å². The lowest BCUT2D eigenvalue weighted by Crippen LogP contribution is -2.40. The molecule has 2 saturated carbocycles. The molecule has 1 saturated heterocycles. The Bertz CT molecular complexity index is 1060. The summed E-state index contributed by atoms with van der Waals surface area (Å²) in [6.07, 6.45) is 5.46. The van der Waals surface area contributed by atoms with Crippen LogP contribution >= 0.6 is 0 Å². The Morgan fingerprint density at radius 3 is 2.13 bits per heavy atom. The molecular weight excluding hydrogens is 378 g/mol. The molecule has 2 aromatic rings. The molecule has 0 aromatic heterocycles. The lowest BCUT2D eigenvalue weighted by atomic mass is 9.63. The molecule has 6 atom stereocenters. The quantitative estimate of drug-likeness (QED) is 0.439. The Morgan fingerprint density at radius 2 is 1.47 bits per heavy atom. The smallest absolute Gasteiger partial charge is 0.238 e. The van der Waals surface area contributed by atoms with Crippen molar-refractivity contribution < 1.29 is 19.1 Å². The van der Waals surface area contributed by atoms with E-state index < -0.39 is 0 Å². The molecule has 0 N–H and O–H groups in total. The Morgan fingerprint density at radius 1 is 0.867 bits per heavy atom. The second-order valence-corrected chi connectivity index (χ2v) is 8.71. The van der Waals surface area contributed by atoms with E-state index in [2.05, 4.69) is 12.2 Å². The molecule has 7 rings (SSSR count). The van der Waals surface area contributed by atoms with Gasteiger partial charge in [0.2, 0.25) is 11.8 Å². The highest BCUT2D eigenvalue weighted by atomic mass is 16.5. The SMILES string of the molecule is O=C(COc1ccccc1N1C(=O)[C@@H]2[C@H]3C=C[C@@H]([C@@H]4C[C@H]34)[C@@H]2C1=O)c1ccccc1. The topological polar surface area (TPSA) is 63.7 Å². The number of carbonyl (C=O) groups is 3. The van der Waals surface area contributed by atoms with Crippen LogP contribution in [0.2, 0.25) is 0 Å². The van der Waals surface area contributed by atoms with Gasteiger partial charge in [-0.2, -0.15) is 0 Å². The number of para-hydroxylation sites is 2. The van der Waals surface area contributed by atoms with Crippen molar-refractivity contribution in [1.29, 1.82) is 0 Å². The molecule has 0 unspecified atom stereocenters. The number of carbonyl (C=O) groups excluding carboxylic acids is 3. The summed E-state index contributed by atoms with van der Waals surface area (Å²) in [5.41, 5.74) is 1.01. The fourth-order valence-corrected chi connectivity index (χ4v) is 5.81. The summed E-state index contributed by atoms with van der Waals surface area (Å²) in [5.74, 6) is 0.957. The average molecular weight is 399 g/mol. The zero-order chi connectivity index (χ0) is 20.4. The number of rotatable bonds is 5. The van der Waals surface area contributed by atoms with Gasteiger partial charge in [-0.25, -0.2) is 4.90 Å². The summed E-state index contributed by atoms with van der Waals surface area (Å²) >= 11 is 0. The second kappa shape index (κ2) is 6.39. The molecule has 5 nitrogen and oxygen atoms in total. The Balaban J connectivity index is 1.28. The van der Waals surface area contributed by atoms with Gasteiger partial charge in [-0.05, 0) is 42.2 Å². The van der Waals surface area contributed by atoms with Crippen molar-refractivity contribution >= 4 is 23.3 Å². The summed E-state index contributed by atoms with van der Waals surface area (Å²) in [6, 6.07) is 15.9. The normalized spacial score (nSPS) is 32.7. The lowest BCUT2D eigenvalue weighted by molar-refractivity contribution is -0.124. The van der Waals surface area contributed by atoms with E-state index >= 15 is 0 Å². The Kier molecular flexibility index (Phi) is 3.76. The first kappa shape index (κ1) is 17.6. The molecule has 5 aliphatic rings. The zero-order valence-electron chi connectivity index (χ0n) is 16.3. The van der Waals surface area contributed by atoms with Crippen LogP contribution in [0.3, 0.4) is 0 Å². The minimum absolute atomic E-state index is 0.125. The first-order chi connectivity index (χ1) is 14.6. The number of allylic oxidation sites excluding steroid dienone is 2. The molecular formula is C25H21NO4. The number of anilines is 1. The van der Waals surface area contributed by atoms with Gasteiger partial charge in [-0.15, -0.1) is 0 Å². The summed E-state index contributed by atoms with van der Waals surface area (Å²) in [7, 11) is 0. The molecule has 1 aliphatic heterocycles. The van der Waals surface area contributed by atoms with Gasteiger partial charge in [-0.3, -0.25) is 14.4 Å². The molecule has 30 heavy (non-hydrogen) atoms. The van der Waals surface area contributed by atoms with Crippen molar-refractivity contribution in [1.82, 2.24) is 0 Å². The highest BCUT2D eigenvalue weighted by molar-refractivity contribution is 6.23. The van der Waals surface area contributed by atoms with E-state index in [0.717, 1.165) is 6.42 Å². The van der Waals surface area contributed by atoms with E-state index in [9.17, 15) is 14.4 Å². The van der Waals surface area contributed by atoms with Crippen molar-refractivity contribution in [2.24, 2.45) is 35.5 Å². The number of ether oxygens (including phenoxy) is 1. The predicted molar refractivity (Wildman–Crippen MR) is 110 cm³/mol. The fourth-order valence-electron chi connectivity index (χ4n) is 5.81. The van der Waals surface area contributed by atoms with Gasteiger partial charge in [0.25, 0.3) is 0 Å². The van der Waals surface area contributed by atoms with Crippen LogP contribution in [0.25, 0.3) is 0 Å². The predicted octanol–water partition coefficient (Wildman–Crippen LogP) is 3.51. The number of hydrogen-bond acceptors (Lipinski definition) is 4. The molecule has 1 heterocycles. The Labute approximate surface area is 174 Å². The minimum Gasteiger partial charge on any atom is -0.483 e. The van der Waals surface area contributed by atoms with E-state index in [1.807, 2.05) is 6.07 Å². The number of nitrogens with zero attached hydrogens (tertiary/aromatic N) is 1. The van der Waals surface area contributed by atoms with Crippen LogP contribution in [0, 0.1) is 35.5 Å². The van der Waals surface area contributed by atoms with Gasteiger partial charge in [0.05, 0.1) is 17.5 Å². The number of hydrogen-bond donors (Lipinski definition) is 0.